The van der Waals surface area contributed by atoms with Crippen LogP contribution in [0.25, 0.3) is 0 Å². The Hall–Kier alpha value is -1.07. The summed E-state index contributed by atoms with van der Waals surface area (Å²) < 4.78 is 24.5. The molecule has 0 heterocycles. The molecule has 0 atom stereocenters. The van der Waals surface area contributed by atoms with Crippen LogP contribution >= 0.6 is 0 Å². The molecule has 0 saturated heterocycles. The fourth-order valence-electron chi connectivity index (χ4n) is 2.07. The quantitative estimate of drug-likeness (QED) is 0.712. The van der Waals surface area contributed by atoms with Crippen LogP contribution < -0.4 is 5.32 Å². The Labute approximate surface area is 129 Å². The molecule has 0 saturated carbocycles. The van der Waals surface area contributed by atoms with Gasteiger partial charge in [0.2, 0.25) is 0 Å². The van der Waals surface area contributed by atoms with Gasteiger partial charge in [0.1, 0.15) is 0 Å². The highest BCUT2D eigenvalue weighted by Crippen LogP contribution is 2.22. The van der Waals surface area contributed by atoms with Gasteiger partial charge in [-0.2, -0.15) is 0 Å². The summed E-state index contributed by atoms with van der Waals surface area (Å²) in [7, 11) is -1.08. The van der Waals surface area contributed by atoms with Crippen LogP contribution in [0.4, 0.5) is 5.69 Å². The van der Waals surface area contributed by atoms with Gasteiger partial charge in [-0.3, -0.25) is 0 Å². The van der Waals surface area contributed by atoms with Crippen LogP contribution in [0.3, 0.4) is 0 Å². The highest BCUT2D eigenvalue weighted by atomic mass is 32.2. The van der Waals surface area contributed by atoms with Gasteiger partial charge in [-0.1, -0.05) is 19.1 Å². The summed E-state index contributed by atoms with van der Waals surface area (Å²) in [5.74, 6) is 0.196. The first-order valence-electron chi connectivity index (χ1n) is 7.64. The van der Waals surface area contributed by atoms with Crippen molar-refractivity contribution in [2.45, 2.75) is 44.6 Å². The molecule has 0 unspecified atom stereocenters. The monoisotopic (exact) mass is 312 g/mol. The summed E-state index contributed by atoms with van der Waals surface area (Å²) >= 11 is 0. The lowest BCUT2D eigenvalue weighted by molar-refractivity contribution is 0.273. The summed E-state index contributed by atoms with van der Waals surface area (Å²) in [5.41, 5.74) is 0.721. The van der Waals surface area contributed by atoms with E-state index in [4.69, 9.17) is 0 Å². The molecule has 0 aromatic heterocycles. The van der Waals surface area contributed by atoms with Gasteiger partial charge in [-0.25, -0.2) is 8.42 Å². The molecule has 5 heteroatoms. The van der Waals surface area contributed by atoms with E-state index >= 15 is 0 Å². The molecule has 1 aromatic carbocycles. The van der Waals surface area contributed by atoms with Gasteiger partial charge in [-0.15, -0.1) is 0 Å². The van der Waals surface area contributed by atoms with Gasteiger partial charge in [0.15, 0.2) is 9.84 Å². The van der Waals surface area contributed by atoms with Crippen molar-refractivity contribution in [1.82, 2.24) is 4.90 Å². The van der Waals surface area contributed by atoms with E-state index in [0.29, 0.717) is 17.4 Å². The van der Waals surface area contributed by atoms with Crippen LogP contribution in [-0.4, -0.2) is 45.2 Å². The van der Waals surface area contributed by atoms with E-state index in [0.717, 1.165) is 25.2 Å². The molecule has 1 N–H and O–H groups in total. The number of nitrogens with zero attached hydrogens (tertiary/aromatic N) is 1. The fraction of sp³-hybridized carbons (Fsp3) is 0.625. The molecular formula is C16H28N2O2S. The van der Waals surface area contributed by atoms with Gasteiger partial charge in [0.25, 0.3) is 0 Å². The molecule has 1 aromatic rings. The molecule has 0 fully saturated rings. The summed E-state index contributed by atoms with van der Waals surface area (Å²) in [4.78, 5) is 2.70. The lowest BCUT2D eigenvalue weighted by Gasteiger charge is -2.21. The minimum atomic E-state index is -3.18. The van der Waals surface area contributed by atoms with Crippen LogP contribution in [-0.2, 0) is 9.84 Å². The Bertz CT molecular complexity index is 527. The third-order valence-electron chi connectivity index (χ3n) is 3.58. The number of nitrogens with one attached hydrogen (secondary N) is 1. The van der Waals surface area contributed by atoms with Crippen molar-refractivity contribution in [3.63, 3.8) is 0 Å². The number of para-hydroxylation sites is 1. The third-order valence-corrected chi connectivity index (χ3v) is 5.55. The van der Waals surface area contributed by atoms with Crippen molar-refractivity contribution in [1.29, 1.82) is 0 Å². The van der Waals surface area contributed by atoms with Crippen molar-refractivity contribution in [2.75, 3.05) is 31.2 Å². The molecule has 120 valence electrons. The van der Waals surface area contributed by atoms with E-state index in [1.165, 1.54) is 0 Å². The number of anilines is 1. The maximum atomic E-state index is 12.2. The minimum Gasteiger partial charge on any atom is -0.384 e. The van der Waals surface area contributed by atoms with E-state index in [2.05, 4.69) is 31.1 Å². The molecule has 0 radical (unpaired) electrons. The van der Waals surface area contributed by atoms with Gasteiger partial charge in [0.05, 0.1) is 16.3 Å². The highest BCUT2D eigenvalue weighted by molar-refractivity contribution is 7.91. The van der Waals surface area contributed by atoms with E-state index in [9.17, 15) is 8.42 Å². The Morgan fingerprint density at radius 1 is 1.24 bits per heavy atom. The maximum absolute atomic E-state index is 12.2. The molecule has 0 bridgehead atoms. The number of hydrogen-bond acceptors (Lipinski definition) is 4. The van der Waals surface area contributed by atoms with Gasteiger partial charge >= 0.3 is 0 Å². The van der Waals surface area contributed by atoms with Crippen molar-refractivity contribution in [3.8, 4) is 0 Å². The maximum Gasteiger partial charge on any atom is 0.180 e. The standard InChI is InChI=1S/C16H28N2O2S/c1-5-13-21(19,20)16-10-7-6-9-15(16)17-11-8-12-18(4)14(2)3/h6-7,9-10,14,17H,5,8,11-13H2,1-4H3. The Morgan fingerprint density at radius 2 is 1.90 bits per heavy atom. The third kappa shape index (κ3) is 5.67. The lowest BCUT2D eigenvalue weighted by atomic mass is 10.3. The van der Waals surface area contributed by atoms with Crippen LogP contribution in [0.1, 0.15) is 33.6 Å². The first kappa shape index (κ1) is 18.0. The molecule has 0 spiro atoms. The molecule has 4 nitrogen and oxygen atoms in total. The zero-order valence-electron chi connectivity index (χ0n) is 13.6. The van der Waals surface area contributed by atoms with E-state index in [-0.39, 0.29) is 5.75 Å². The molecule has 21 heavy (non-hydrogen) atoms. The topological polar surface area (TPSA) is 49.4 Å². The Balaban J connectivity index is 2.64. The smallest absolute Gasteiger partial charge is 0.180 e. The van der Waals surface area contributed by atoms with Gasteiger partial charge in [0, 0.05) is 12.6 Å². The zero-order chi connectivity index (χ0) is 15.9. The summed E-state index contributed by atoms with van der Waals surface area (Å²) in [6.07, 6.45) is 1.62. The summed E-state index contributed by atoms with van der Waals surface area (Å²) in [6.45, 7) is 7.99. The van der Waals surface area contributed by atoms with Crippen molar-refractivity contribution < 1.29 is 8.42 Å². The lowest BCUT2D eigenvalue weighted by Crippen LogP contribution is -2.28. The fourth-order valence-corrected chi connectivity index (χ4v) is 3.59. The van der Waals surface area contributed by atoms with Crippen molar-refractivity contribution in [3.05, 3.63) is 24.3 Å². The van der Waals surface area contributed by atoms with Crippen LogP contribution in [0.5, 0.6) is 0 Å². The van der Waals surface area contributed by atoms with Crippen LogP contribution in [0, 0.1) is 0 Å². The highest BCUT2D eigenvalue weighted by Gasteiger charge is 2.16. The Kier molecular flexibility index (Phi) is 7.18. The average molecular weight is 312 g/mol. The van der Waals surface area contributed by atoms with Gasteiger partial charge < -0.3 is 10.2 Å². The minimum absolute atomic E-state index is 0.196. The van der Waals surface area contributed by atoms with Crippen molar-refractivity contribution in [2.24, 2.45) is 0 Å². The molecule has 0 aliphatic carbocycles. The molecule has 1 rings (SSSR count). The largest absolute Gasteiger partial charge is 0.384 e. The molecule has 0 aliphatic rings. The molecule has 0 amide bonds. The first-order valence-corrected chi connectivity index (χ1v) is 9.29. The number of sulfone groups is 1. The predicted octanol–water partition coefficient (Wildman–Crippen LogP) is 3.01. The normalized spacial score (nSPS) is 12.1. The van der Waals surface area contributed by atoms with Crippen molar-refractivity contribution >= 4 is 15.5 Å². The second-order valence-electron chi connectivity index (χ2n) is 5.67. The first-order chi connectivity index (χ1) is 9.88. The predicted molar refractivity (Wildman–Crippen MR) is 89.7 cm³/mol. The van der Waals surface area contributed by atoms with E-state index < -0.39 is 9.84 Å². The molecule has 0 aliphatic heterocycles. The second kappa shape index (κ2) is 8.39. The van der Waals surface area contributed by atoms with Gasteiger partial charge in [-0.05, 0) is 52.4 Å². The SMILES string of the molecule is CCCS(=O)(=O)c1ccccc1NCCCN(C)C(C)C. The summed E-state index contributed by atoms with van der Waals surface area (Å²) in [6, 6.07) is 7.71. The Morgan fingerprint density at radius 3 is 2.52 bits per heavy atom. The number of hydrogen-bond donors (Lipinski definition) is 1. The molecular weight excluding hydrogens is 284 g/mol. The van der Waals surface area contributed by atoms with Crippen LogP contribution in [0.2, 0.25) is 0 Å². The number of rotatable bonds is 9. The average Bonchev–Trinajstić information content (AvgIpc) is 2.43. The summed E-state index contributed by atoms with van der Waals surface area (Å²) in [5, 5.41) is 3.27. The zero-order valence-corrected chi connectivity index (χ0v) is 14.4. The number of benzene rings is 1. The second-order valence-corrected chi connectivity index (χ2v) is 7.75. The van der Waals surface area contributed by atoms with E-state index in [1.54, 1.807) is 12.1 Å². The van der Waals surface area contributed by atoms with Crippen LogP contribution in [0.15, 0.2) is 29.2 Å². The van der Waals surface area contributed by atoms with E-state index in [1.807, 2.05) is 19.1 Å².